The Hall–Kier alpha value is -2.29. The Bertz CT molecular complexity index is 1200. The molecule has 3 rings (SSSR count). The summed E-state index contributed by atoms with van der Waals surface area (Å²) in [5.41, 5.74) is 2.09. The molecule has 2 amide bonds. The Morgan fingerprint density at radius 1 is 1.06 bits per heavy atom. The molecule has 0 unspecified atom stereocenters. The normalized spacial score (nSPS) is 15.2. The second-order valence-electron chi connectivity index (χ2n) is 9.40. The zero-order valence-corrected chi connectivity index (χ0v) is 23.2. The molecule has 1 aliphatic carbocycles. The van der Waals surface area contributed by atoms with E-state index in [0.717, 1.165) is 53.8 Å². The van der Waals surface area contributed by atoms with E-state index in [4.69, 9.17) is 23.2 Å². The molecule has 7 nitrogen and oxygen atoms in total. The number of anilines is 1. The SMILES string of the molecule is Cc1cccc(CN(C(=O)CN(c2ccc(Cl)c(Cl)c2)S(C)(=O)=O)[C@H](C)C(=O)NC2CCCCC2)c1. The van der Waals surface area contributed by atoms with E-state index < -0.39 is 28.5 Å². The van der Waals surface area contributed by atoms with Gasteiger partial charge in [-0.3, -0.25) is 13.9 Å². The van der Waals surface area contributed by atoms with Gasteiger partial charge in [-0.25, -0.2) is 8.42 Å². The van der Waals surface area contributed by atoms with Gasteiger partial charge in [-0.05, 0) is 50.5 Å². The summed E-state index contributed by atoms with van der Waals surface area (Å²) in [5, 5.41) is 3.53. The Kier molecular flexibility index (Phi) is 9.66. The molecule has 0 spiro atoms. The van der Waals surface area contributed by atoms with Crippen LogP contribution in [-0.2, 0) is 26.2 Å². The molecule has 0 aromatic heterocycles. The number of halogens is 2. The molecule has 1 aliphatic rings. The van der Waals surface area contributed by atoms with Crippen LogP contribution in [0.15, 0.2) is 42.5 Å². The average molecular weight is 555 g/mol. The van der Waals surface area contributed by atoms with Crippen molar-refractivity contribution in [1.82, 2.24) is 10.2 Å². The van der Waals surface area contributed by atoms with Gasteiger partial charge in [-0.15, -0.1) is 0 Å². The first-order valence-corrected chi connectivity index (χ1v) is 14.6. The number of hydrogen-bond acceptors (Lipinski definition) is 4. The third kappa shape index (κ3) is 7.60. The molecule has 196 valence electrons. The number of sulfonamides is 1. The van der Waals surface area contributed by atoms with Gasteiger partial charge in [0, 0.05) is 12.6 Å². The van der Waals surface area contributed by atoms with Crippen molar-refractivity contribution in [1.29, 1.82) is 0 Å². The predicted molar refractivity (Wildman–Crippen MR) is 145 cm³/mol. The Morgan fingerprint density at radius 2 is 1.75 bits per heavy atom. The molecule has 10 heteroatoms. The number of nitrogens with zero attached hydrogens (tertiary/aromatic N) is 2. The van der Waals surface area contributed by atoms with Crippen LogP contribution >= 0.6 is 23.2 Å². The van der Waals surface area contributed by atoms with Gasteiger partial charge < -0.3 is 10.2 Å². The van der Waals surface area contributed by atoms with Crippen LogP contribution < -0.4 is 9.62 Å². The van der Waals surface area contributed by atoms with Crippen molar-refractivity contribution < 1.29 is 18.0 Å². The molecule has 0 bridgehead atoms. The van der Waals surface area contributed by atoms with Crippen molar-refractivity contribution in [3.63, 3.8) is 0 Å². The molecule has 36 heavy (non-hydrogen) atoms. The molecule has 2 aromatic carbocycles. The Labute approximate surface area is 223 Å². The highest BCUT2D eigenvalue weighted by atomic mass is 35.5. The number of nitrogens with one attached hydrogen (secondary N) is 1. The summed E-state index contributed by atoms with van der Waals surface area (Å²) in [6, 6.07) is 11.3. The van der Waals surface area contributed by atoms with Gasteiger partial charge in [0.15, 0.2) is 0 Å². The second-order valence-corrected chi connectivity index (χ2v) is 12.1. The standard InChI is InChI=1S/C26H33Cl2N3O4S/c1-18-8-7-9-20(14-18)16-30(19(2)26(33)29-21-10-5-4-6-11-21)25(32)17-31(36(3,34)35)22-12-13-23(27)24(28)15-22/h7-9,12-15,19,21H,4-6,10-11,16-17H2,1-3H3,(H,29,33)/t19-/m1/s1. The zero-order chi connectivity index (χ0) is 26.5. The molecular weight excluding hydrogens is 521 g/mol. The summed E-state index contributed by atoms with van der Waals surface area (Å²) in [5.74, 6) is -0.748. The first-order chi connectivity index (χ1) is 17.0. The van der Waals surface area contributed by atoms with Crippen LogP contribution in [0.1, 0.15) is 50.2 Å². The average Bonchev–Trinajstić information content (AvgIpc) is 2.82. The summed E-state index contributed by atoms with van der Waals surface area (Å²) in [7, 11) is -3.84. The van der Waals surface area contributed by atoms with E-state index in [9.17, 15) is 18.0 Å². The molecule has 0 saturated heterocycles. The summed E-state index contributed by atoms with van der Waals surface area (Å²) < 4.78 is 26.3. The zero-order valence-electron chi connectivity index (χ0n) is 20.8. The van der Waals surface area contributed by atoms with Gasteiger partial charge in [0.1, 0.15) is 12.6 Å². The van der Waals surface area contributed by atoms with Crippen LogP contribution in [0.3, 0.4) is 0 Å². The molecule has 0 aliphatic heterocycles. The van der Waals surface area contributed by atoms with Crippen LogP contribution in [0.5, 0.6) is 0 Å². The largest absolute Gasteiger partial charge is 0.352 e. The van der Waals surface area contributed by atoms with Crippen molar-refractivity contribution in [2.45, 2.75) is 64.6 Å². The number of rotatable bonds is 9. The van der Waals surface area contributed by atoms with Gasteiger partial charge in [0.05, 0.1) is 22.0 Å². The highest BCUT2D eigenvalue weighted by Gasteiger charge is 2.31. The van der Waals surface area contributed by atoms with Crippen LogP contribution in [0.2, 0.25) is 10.0 Å². The number of benzene rings is 2. The predicted octanol–water partition coefficient (Wildman–Crippen LogP) is 4.93. The maximum Gasteiger partial charge on any atom is 0.244 e. The summed E-state index contributed by atoms with van der Waals surface area (Å²) in [4.78, 5) is 28.2. The van der Waals surface area contributed by atoms with Gasteiger partial charge in [-0.1, -0.05) is 72.3 Å². The van der Waals surface area contributed by atoms with E-state index in [1.54, 1.807) is 6.92 Å². The highest BCUT2D eigenvalue weighted by molar-refractivity contribution is 7.92. The maximum absolute atomic E-state index is 13.6. The number of aryl methyl sites for hydroxylation is 1. The molecule has 1 fully saturated rings. The van der Waals surface area contributed by atoms with E-state index in [-0.39, 0.29) is 34.2 Å². The minimum atomic E-state index is -3.84. The van der Waals surface area contributed by atoms with Crippen molar-refractivity contribution in [3.8, 4) is 0 Å². The van der Waals surface area contributed by atoms with Gasteiger partial charge >= 0.3 is 0 Å². The molecular formula is C26H33Cl2N3O4S. The van der Waals surface area contributed by atoms with Crippen molar-refractivity contribution in [2.75, 3.05) is 17.1 Å². The van der Waals surface area contributed by atoms with Crippen LogP contribution in [0.25, 0.3) is 0 Å². The minimum absolute atomic E-state index is 0.0911. The fourth-order valence-corrected chi connectivity index (χ4v) is 5.55. The lowest BCUT2D eigenvalue weighted by Crippen LogP contribution is -2.53. The van der Waals surface area contributed by atoms with E-state index in [2.05, 4.69) is 5.32 Å². The number of carbonyl (C=O) groups excluding carboxylic acids is 2. The molecule has 0 radical (unpaired) electrons. The van der Waals surface area contributed by atoms with Crippen LogP contribution in [0.4, 0.5) is 5.69 Å². The highest BCUT2D eigenvalue weighted by Crippen LogP contribution is 2.28. The lowest BCUT2D eigenvalue weighted by molar-refractivity contribution is -0.139. The fourth-order valence-electron chi connectivity index (χ4n) is 4.41. The summed E-state index contributed by atoms with van der Waals surface area (Å²) in [6.45, 7) is 3.31. The van der Waals surface area contributed by atoms with Crippen LogP contribution in [-0.4, -0.2) is 50.0 Å². The van der Waals surface area contributed by atoms with Gasteiger partial charge in [0.2, 0.25) is 21.8 Å². The van der Waals surface area contributed by atoms with E-state index in [1.807, 2.05) is 31.2 Å². The van der Waals surface area contributed by atoms with Gasteiger partial charge in [0.25, 0.3) is 0 Å². The van der Waals surface area contributed by atoms with E-state index in [0.29, 0.717) is 0 Å². The molecule has 1 saturated carbocycles. The second kappa shape index (κ2) is 12.3. The van der Waals surface area contributed by atoms with Crippen molar-refractivity contribution in [2.24, 2.45) is 0 Å². The summed E-state index contributed by atoms with van der Waals surface area (Å²) in [6.07, 6.45) is 6.16. The Morgan fingerprint density at radius 3 is 2.36 bits per heavy atom. The van der Waals surface area contributed by atoms with E-state index in [1.165, 1.54) is 23.1 Å². The lowest BCUT2D eigenvalue weighted by atomic mass is 9.95. The molecule has 0 heterocycles. The molecule has 2 aromatic rings. The minimum Gasteiger partial charge on any atom is -0.352 e. The molecule has 1 atom stereocenters. The third-order valence-electron chi connectivity index (χ3n) is 6.42. The van der Waals surface area contributed by atoms with Gasteiger partial charge in [-0.2, -0.15) is 0 Å². The quantitative estimate of drug-likeness (QED) is 0.476. The van der Waals surface area contributed by atoms with Crippen LogP contribution in [0, 0.1) is 6.92 Å². The summed E-state index contributed by atoms with van der Waals surface area (Å²) >= 11 is 12.1. The number of amides is 2. The van der Waals surface area contributed by atoms with Crippen molar-refractivity contribution in [3.05, 3.63) is 63.6 Å². The number of carbonyl (C=O) groups is 2. The third-order valence-corrected chi connectivity index (χ3v) is 8.30. The first kappa shape index (κ1) is 28.3. The molecule has 1 N–H and O–H groups in total. The topological polar surface area (TPSA) is 86.8 Å². The number of hydrogen-bond donors (Lipinski definition) is 1. The van der Waals surface area contributed by atoms with Crippen molar-refractivity contribution >= 4 is 50.7 Å². The smallest absolute Gasteiger partial charge is 0.244 e. The maximum atomic E-state index is 13.6. The van der Waals surface area contributed by atoms with E-state index >= 15 is 0 Å². The Balaban J connectivity index is 1.88. The first-order valence-electron chi connectivity index (χ1n) is 12.0. The fraction of sp³-hybridized carbons (Fsp3) is 0.462. The lowest BCUT2D eigenvalue weighted by Gasteiger charge is -2.33. The monoisotopic (exact) mass is 553 g/mol.